The Morgan fingerprint density at radius 3 is 2.93 bits per heavy atom. The maximum Gasteiger partial charge on any atom is 0.417 e. The minimum absolute atomic E-state index is 0.222. The number of aromatic amines is 1. The normalized spacial score (nSPS) is 11.2. The molecule has 3 aromatic rings. The smallest absolute Gasteiger partial charge is 0.417 e. The van der Waals surface area contributed by atoms with Crippen molar-refractivity contribution >= 4 is 28.4 Å². The molecule has 0 saturated carbocycles. The fourth-order valence-electron chi connectivity index (χ4n) is 1.59. The maximum absolute atomic E-state index is 11.0. The molecular formula is C10H5NO4. The summed E-state index contributed by atoms with van der Waals surface area (Å²) in [5, 5.41) is 0.752. The lowest BCUT2D eigenvalue weighted by molar-refractivity contribution is 0.110. The van der Waals surface area contributed by atoms with Gasteiger partial charge in [0.1, 0.15) is 5.52 Å². The van der Waals surface area contributed by atoms with Crippen molar-refractivity contribution in [2.45, 2.75) is 0 Å². The van der Waals surface area contributed by atoms with Gasteiger partial charge in [0, 0.05) is 5.39 Å². The zero-order chi connectivity index (χ0) is 10.4. The Labute approximate surface area is 82.3 Å². The number of hydrogen-bond acceptors (Lipinski definition) is 4. The standard InChI is InChI=1S/C10H5NO4/c12-4-6-3-5-1-2-7-8(9(5)14-6)11-10(13)15-7/h1-4H,(H,11,13). The highest BCUT2D eigenvalue weighted by Gasteiger charge is 2.10. The topological polar surface area (TPSA) is 76.2 Å². The lowest BCUT2D eigenvalue weighted by Gasteiger charge is -1.87. The summed E-state index contributed by atoms with van der Waals surface area (Å²) >= 11 is 0. The van der Waals surface area contributed by atoms with Gasteiger partial charge in [0.15, 0.2) is 23.2 Å². The first kappa shape index (κ1) is 8.05. The van der Waals surface area contributed by atoms with Gasteiger partial charge in [-0.2, -0.15) is 0 Å². The first-order chi connectivity index (χ1) is 7.28. The molecule has 5 nitrogen and oxygen atoms in total. The van der Waals surface area contributed by atoms with Crippen molar-refractivity contribution in [2.24, 2.45) is 0 Å². The van der Waals surface area contributed by atoms with Crippen LogP contribution >= 0.6 is 0 Å². The van der Waals surface area contributed by atoms with E-state index in [4.69, 9.17) is 8.83 Å². The van der Waals surface area contributed by atoms with Crippen LogP contribution in [0, 0.1) is 0 Å². The number of fused-ring (bicyclic) bond motifs is 3. The fourth-order valence-corrected chi connectivity index (χ4v) is 1.59. The predicted octanol–water partition coefficient (Wildman–Crippen LogP) is 1.68. The maximum atomic E-state index is 11.0. The Morgan fingerprint density at radius 2 is 2.13 bits per heavy atom. The highest BCUT2D eigenvalue weighted by atomic mass is 16.4. The minimum Gasteiger partial charge on any atom is -0.451 e. The zero-order valence-electron chi connectivity index (χ0n) is 7.44. The number of nitrogens with one attached hydrogen (secondary N) is 1. The molecule has 0 aliphatic carbocycles. The monoisotopic (exact) mass is 203 g/mol. The molecule has 5 heteroatoms. The van der Waals surface area contributed by atoms with Crippen molar-refractivity contribution in [2.75, 3.05) is 0 Å². The number of furan rings is 1. The van der Waals surface area contributed by atoms with Gasteiger partial charge in [-0.25, -0.2) is 4.79 Å². The molecule has 1 N–H and O–H groups in total. The molecule has 0 aliphatic heterocycles. The lowest BCUT2D eigenvalue weighted by atomic mass is 10.2. The molecule has 0 amide bonds. The van der Waals surface area contributed by atoms with Crippen molar-refractivity contribution in [3.05, 3.63) is 34.5 Å². The Kier molecular flexibility index (Phi) is 1.39. The van der Waals surface area contributed by atoms with Crippen LogP contribution in [0.15, 0.2) is 31.8 Å². The van der Waals surface area contributed by atoms with Crippen molar-refractivity contribution in [1.82, 2.24) is 4.98 Å². The Hall–Kier alpha value is -2.30. The summed E-state index contributed by atoms with van der Waals surface area (Å²) in [7, 11) is 0. The summed E-state index contributed by atoms with van der Waals surface area (Å²) in [5.41, 5.74) is 1.35. The Morgan fingerprint density at radius 1 is 1.27 bits per heavy atom. The molecule has 0 radical (unpaired) electrons. The van der Waals surface area contributed by atoms with Gasteiger partial charge in [-0.1, -0.05) is 0 Å². The second-order valence-electron chi connectivity index (χ2n) is 3.14. The number of carbonyl (C=O) groups excluding carboxylic acids is 1. The van der Waals surface area contributed by atoms with Gasteiger partial charge in [0.25, 0.3) is 0 Å². The number of aldehydes is 1. The number of rotatable bonds is 1. The van der Waals surface area contributed by atoms with Crippen molar-refractivity contribution in [1.29, 1.82) is 0 Å². The van der Waals surface area contributed by atoms with E-state index in [1.807, 2.05) is 0 Å². The van der Waals surface area contributed by atoms with Crippen LogP contribution in [0.5, 0.6) is 0 Å². The molecule has 2 aromatic heterocycles. The van der Waals surface area contributed by atoms with Crippen LogP contribution in [0.2, 0.25) is 0 Å². The van der Waals surface area contributed by atoms with Gasteiger partial charge < -0.3 is 8.83 Å². The molecule has 15 heavy (non-hydrogen) atoms. The zero-order valence-corrected chi connectivity index (χ0v) is 7.44. The van der Waals surface area contributed by atoms with E-state index in [9.17, 15) is 9.59 Å². The van der Waals surface area contributed by atoms with E-state index >= 15 is 0 Å². The molecular weight excluding hydrogens is 198 g/mol. The molecule has 74 valence electrons. The van der Waals surface area contributed by atoms with E-state index in [1.165, 1.54) is 0 Å². The van der Waals surface area contributed by atoms with Gasteiger partial charge in [-0.3, -0.25) is 9.78 Å². The number of benzene rings is 1. The molecule has 0 bridgehead atoms. The van der Waals surface area contributed by atoms with Crippen molar-refractivity contribution in [3.63, 3.8) is 0 Å². The summed E-state index contributed by atoms with van der Waals surface area (Å²) in [6, 6.07) is 4.98. The third kappa shape index (κ3) is 1.03. The van der Waals surface area contributed by atoms with Gasteiger partial charge in [0.05, 0.1) is 0 Å². The van der Waals surface area contributed by atoms with Gasteiger partial charge in [0.2, 0.25) is 0 Å². The van der Waals surface area contributed by atoms with Crippen LogP contribution in [0.3, 0.4) is 0 Å². The van der Waals surface area contributed by atoms with Crippen LogP contribution in [-0.4, -0.2) is 11.3 Å². The van der Waals surface area contributed by atoms with Crippen LogP contribution in [0.4, 0.5) is 0 Å². The van der Waals surface area contributed by atoms with Gasteiger partial charge in [-0.05, 0) is 18.2 Å². The number of aromatic nitrogens is 1. The number of H-pyrrole nitrogens is 1. The van der Waals surface area contributed by atoms with Gasteiger partial charge in [-0.15, -0.1) is 0 Å². The number of hydrogen-bond donors (Lipinski definition) is 1. The highest BCUT2D eigenvalue weighted by Crippen LogP contribution is 2.25. The van der Waals surface area contributed by atoms with E-state index in [2.05, 4.69) is 4.98 Å². The van der Waals surface area contributed by atoms with Crippen molar-refractivity contribution in [3.8, 4) is 0 Å². The van der Waals surface area contributed by atoms with Crippen LogP contribution in [0.25, 0.3) is 22.1 Å². The van der Waals surface area contributed by atoms with E-state index in [1.54, 1.807) is 18.2 Å². The molecule has 0 atom stereocenters. The summed E-state index contributed by atoms with van der Waals surface area (Å²) < 4.78 is 10.1. The Bertz CT molecular complexity index is 716. The first-order valence-corrected chi connectivity index (χ1v) is 4.28. The molecule has 0 spiro atoms. The number of carbonyl (C=O) groups is 1. The molecule has 0 fully saturated rings. The first-order valence-electron chi connectivity index (χ1n) is 4.28. The van der Waals surface area contributed by atoms with E-state index in [-0.39, 0.29) is 5.76 Å². The summed E-state index contributed by atoms with van der Waals surface area (Å²) in [5.74, 6) is -0.318. The molecule has 3 rings (SSSR count). The van der Waals surface area contributed by atoms with E-state index in [0.29, 0.717) is 23.0 Å². The van der Waals surface area contributed by atoms with E-state index < -0.39 is 5.76 Å². The Balaban J connectivity index is 2.57. The largest absolute Gasteiger partial charge is 0.451 e. The second kappa shape index (κ2) is 2.60. The third-order valence-electron chi connectivity index (χ3n) is 2.21. The molecule has 0 unspecified atom stereocenters. The van der Waals surface area contributed by atoms with Crippen LogP contribution in [-0.2, 0) is 0 Å². The fraction of sp³-hybridized carbons (Fsp3) is 0. The summed E-state index contributed by atoms with van der Waals surface area (Å²) in [4.78, 5) is 24.0. The lowest BCUT2D eigenvalue weighted by Crippen LogP contribution is -1.92. The summed E-state index contributed by atoms with van der Waals surface area (Å²) in [6.07, 6.45) is 0.615. The number of oxazole rings is 1. The third-order valence-corrected chi connectivity index (χ3v) is 2.21. The average Bonchev–Trinajstić information content (AvgIpc) is 2.78. The van der Waals surface area contributed by atoms with Crippen LogP contribution in [0.1, 0.15) is 10.6 Å². The molecule has 2 heterocycles. The molecule has 0 saturated heterocycles. The van der Waals surface area contributed by atoms with Gasteiger partial charge >= 0.3 is 5.76 Å². The SMILES string of the molecule is O=Cc1cc2ccc3oc(=O)[nH]c3c2o1. The van der Waals surface area contributed by atoms with Crippen molar-refractivity contribution < 1.29 is 13.6 Å². The predicted molar refractivity (Wildman–Crippen MR) is 52.0 cm³/mol. The highest BCUT2D eigenvalue weighted by molar-refractivity contribution is 6.01. The molecule has 0 aliphatic rings. The van der Waals surface area contributed by atoms with Crippen LogP contribution < -0.4 is 5.76 Å². The molecule has 1 aromatic carbocycles. The second-order valence-corrected chi connectivity index (χ2v) is 3.14. The quantitative estimate of drug-likeness (QED) is 0.610. The minimum atomic E-state index is -0.540. The van der Waals surface area contributed by atoms with E-state index in [0.717, 1.165) is 5.39 Å². The average molecular weight is 203 g/mol. The summed E-state index contributed by atoms with van der Waals surface area (Å²) in [6.45, 7) is 0.